The van der Waals surface area contributed by atoms with Crippen molar-refractivity contribution in [1.82, 2.24) is 4.98 Å². The lowest BCUT2D eigenvalue weighted by Crippen LogP contribution is -2.22. The molecular formula is C23H21BrFN3O2S2. The number of Topliss-reactive ketones (excluding diaryl/α,β-unsaturated/α-hetero) is 1. The average molecular weight is 534 g/mol. The number of nitrogens with zero attached hydrogens (tertiary/aromatic N) is 1. The van der Waals surface area contributed by atoms with Crippen LogP contribution in [0.25, 0.3) is 0 Å². The maximum Gasteiger partial charge on any atom is 0.325 e. The van der Waals surface area contributed by atoms with Crippen molar-refractivity contribution >= 4 is 61.7 Å². The van der Waals surface area contributed by atoms with E-state index in [0.717, 1.165) is 40.1 Å². The molecule has 0 spiro atoms. The van der Waals surface area contributed by atoms with Crippen LogP contribution in [0.2, 0.25) is 0 Å². The fourth-order valence-corrected chi connectivity index (χ4v) is 6.16. The third-order valence-corrected chi connectivity index (χ3v) is 7.98. The van der Waals surface area contributed by atoms with Gasteiger partial charge in [-0.15, -0.1) is 11.8 Å². The molecule has 1 saturated carbocycles. The molecule has 0 bridgehead atoms. The SMILES string of the molecule is O=C(Nc1nc(CSc2ccccc2)c(Br)s1)Nc1ccc(F)cc1C(=O)C1CCCC1. The molecule has 9 heteroatoms. The third-order valence-electron chi connectivity index (χ3n) is 5.21. The van der Waals surface area contributed by atoms with Gasteiger partial charge < -0.3 is 5.32 Å². The summed E-state index contributed by atoms with van der Waals surface area (Å²) in [4.78, 5) is 31.0. The van der Waals surface area contributed by atoms with E-state index < -0.39 is 11.8 Å². The Labute approximate surface area is 202 Å². The van der Waals surface area contributed by atoms with Crippen LogP contribution in [0, 0.1) is 11.7 Å². The maximum absolute atomic E-state index is 13.8. The van der Waals surface area contributed by atoms with E-state index >= 15 is 0 Å². The van der Waals surface area contributed by atoms with Gasteiger partial charge in [0.2, 0.25) is 0 Å². The second kappa shape index (κ2) is 10.6. The van der Waals surface area contributed by atoms with Crippen molar-refractivity contribution in [3.63, 3.8) is 0 Å². The van der Waals surface area contributed by atoms with Gasteiger partial charge in [0.1, 0.15) is 5.82 Å². The van der Waals surface area contributed by atoms with Crippen molar-refractivity contribution in [2.75, 3.05) is 10.6 Å². The number of ketones is 1. The van der Waals surface area contributed by atoms with E-state index in [9.17, 15) is 14.0 Å². The fraction of sp³-hybridized carbons (Fsp3) is 0.261. The summed E-state index contributed by atoms with van der Waals surface area (Å²) in [6.07, 6.45) is 3.60. The molecule has 1 aromatic heterocycles. The number of amides is 2. The first-order valence-corrected chi connectivity index (χ1v) is 12.8. The minimum Gasteiger partial charge on any atom is -0.307 e. The number of thioether (sulfide) groups is 1. The second-order valence-electron chi connectivity index (χ2n) is 7.46. The molecule has 2 aromatic carbocycles. The molecule has 2 amide bonds. The molecule has 0 unspecified atom stereocenters. The van der Waals surface area contributed by atoms with E-state index in [1.165, 1.54) is 29.5 Å². The molecule has 0 atom stereocenters. The zero-order chi connectivity index (χ0) is 22.5. The number of halogens is 2. The molecule has 0 aliphatic heterocycles. The standard InChI is InChI=1S/C23H21BrFN3O2S2/c24-21-19(13-31-16-8-2-1-3-9-16)27-23(32-21)28-22(30)26-18-11-10-15(25)12-17(18)20(29)14-6-4-5-7-14/h1-3,8-12,14H,4-7,13H2,(H2,26,27,28,30). The van der Waals surface area contributed by atoms with Crippen molar-refractivity contribution in [2.45, 2.75) is 36.3 Å². The first-order valence-electron chi connectivity index (χ1n) is 10.2. The van der Waals surface area contributed by atoms with Crippen molar-refractivity contribution in [3.8, 4) is 0 Å². The van der Waals surface area contributed by atoms with E-state index in [-0.39, 0.29) is 17.3 Å². The first kappa shape index (κ1) is 22.9. The summed E-state index contributed by atoms with van der Waals surface area (Å²) in [6, 6.07) is 13.3. The van der Waals surface area contributed by atoms with E-state index in [1.807, 2.05) is 30.3 Å². The molecule has 1 aliphatic carbocycles. The van der Waals surface area contributed by atoms with Crippen LogP contribution in [0.15, 0.2) is 57.2 Å². The molecule has 0 radical (unpaired) electrons. The largest absolute Gasteiger partial charge is 0.325 e. The quantitative estimate of drug-likeness (QED) is 0.246. The van der Waals surface area contributed by atoms with Crippen LogP contribution in [0.1, 0.15) is 41.7 Å². The lowest BCUT2D eigenvalue weighted by molar-refractivity contribution is 0.0923. The molecule has 166 valence electrons. The second-order valence-corrected chi connectivity index (χ2v) is 10.8. The summed E-state index contributed by atoms with van der Waals surface area (Å²) in [5.74, 6) is -0.0706. The number of hydrogen-bond acceptors (Lipinski definition) is 5. The zero-order valence-corrected chi connectivity index (χ0v) is 20.3. The number of carbonyl (C=O) groups excluding carboxylic acids is 2. The van der Waals surface area contributed by atoms with Gasteiger partial charge in [-0.3, -0.25) is 10.1 Å². The lowest BCUT2D eigenvalue weighted by atomic mass is 9.95. The van der Waals surface area contributed by atoms with Gasteiger partial charge in [0.15, 0.2) is 10.9 Å². The molecule has 5 nitrogen and oxygen atoms in total. The topological polar surface area (TPSA) is 71.1 Å². The molecule has 0 saturated heterocycles. The summed E-state index contributed by atoms with van der Waals surface area (Å²) < 4.78 is 14.7. The average Bonchev–Trinajstić information content (AvgIpc) is 3.44. The number of aromatic nitrogens is 1. The predicted molar refractivity (Wildman–Crippen MR) is 131 cm³/mol. The molecule has 1 fully saturated rings. The number of nitrogens with one attached hydrogen (secondary N) is 2. The number of carbonyl (C=O) groups is 2. The van der Waals surface area contributed by atoms with Gasteiger partial charge in [-0.05, 0) is 59.1 Å². The molecular weight excluding hydrogens is 513 g/mol. The lowest BCUT2D eigenvalue weighted by Gasteiger charge is -2.14. The molecule has 2 N–H and O–H groups in total. The number of hydrogen-bond donors (Lipinski definition) is 2. The number of urea groups is 1. The molecule has 4 rings (SSSR count). The van der Waals surface area contributed by atoms with Crippen molar-refractivity contribution in [1.29, 1.82) is 0 Å². The van der Waals surface area contributed by atoms with Crippen LogP contribution in [-0.4, -0.2) is 16.8 Å². The van der Waals surface area contributed by atoms with Gasteiger partial charge in [-0.25, -0.2) is 14.2 Å². The van der Waals surface area contributed by atoms with E-state index in [1.54, 1.807) is 11.8 Å². The first-order chi connectivity index (χ1) is 15.5. The highest BCUT2D eigenvalue weighted by atomic mass is 79.9. The van der Waals surface area contributed by atoms with Crippen LogP contribution in [0.3, 0.4) is 0 Å². The van der Waals surface area contributed by atoms with Gasteiger partial charge in [0.25, 0.3) is 0 Å². The summed E-state index contributed by atoms with van der Waals surface area (Å²) >= 11 is 6.48. The van der Waals surface area contributed by atoms with Crippen molar-refractivity contribution in [2.24, 2.45) is 5.92 Å². The number of anilines is 2. The van der Waals surface area contributed by atoms with Crippen molar-refractivity contribution < 1.29 is 14.0 Å². The Morgan fingerprint density at radius 3 is 2.62 bits per heavy atom. The summed E-state index contributed by atoms with van der Waals surface area (Å²) in [5.41, 5.74) is 1.35. The molecule has 1 aliphatic rings. The Bertz CT molecular complexity index is 1120. The van der Waals surface area contributed by atoms with Crippen LogP contribution >= 0.6 is 39.0 Å². The summed E-state index contributed by atoms with van der Waals surface area (Å²) in [6.45, 7) is 0. The van der Waals surface area contributed by atoms with E-state index in [0.29, 0.717) is 16.6 Å². The normalized spacial score (nSPS) is 13.8. The molecule has 3 aromatic rings. The third kappa shape index (κ3) is 5.76. The minimum atomic E-state index is -0.527. The Morgan fingerprint density at radius 1 is 1.12 bits per heavy atom. The van der Waals surface area contributed by atoms with Crippen molar-refractivity contribution in [3.05, 3.63) is 69.4 Å². The van der Waals surface area contributed by atoms with Gasteiger partial charge in [-0.1, -0.05) is 42.4 Å². The highest BCUT2D eigenvalue weighted by molar-refractivity contribution is 9.11. The Balaban J connectivity index is 1.41. The monoisotopic (exact) mass is 533 g/mol. The Morgan fingerprint density at radius 2 is 1.88 bits per heavy atom. The van der Waals surface area contributed by atoms with Crippen LogP contribution in [-0.2, 0) is 5.75 Å². The van der Waals surface area contributed by atoms with Gasteiger partial charge in [0.05, 0.1) is 15.2 Å². The number of benzene rings is 2. The Hall–Kier alpha value is -2.23. The highest BCUT2D eigenvalue weighted by Crippen LogP contribution is 2.34. The van der Waals surface area contributed by atoms with Gasteiger partial charge in [0, 0.05) is 22.1 Å². The van der Waals surface area contributed by atoms with Crippen LogP contribution < -0.4 is 10.6 Å². The Kier molecular flexibility index (Phi) is 7.59. The zero-order valence-electron chi connectivity index (χ0n) is 17.1. The number of thiazole rings is 1. The highest BCUT2D eigenvalue weighted by Gasteiger charge is 2.26. The minimum absolute atomic E-state index is 0.111. The predicted octanol–water partition coefficient (Wildman–Crippen LogP) is 7.35. The van der Waals surface area contributed by atoms with Crippen LogP contribution in [0.4, 0.5) is 20.0 Å². The fourth-order valence-electron chi connectivity index (χ4n) is 3.63. The molecule has 1 heterocycles. The maximum atomic E-state index is 13.8. The number of rotatable bonds is 7. The smallest absolute Gasteiger partial charge is 0.307 e. The van der Waals surface area contributed by atoms with Gasteiger partial charge >= 0.3 is 6.03 Å². The summed E-state index contributed by atoms with van der Waals surface area (Å²) in [5, 5.41) is 5.83. The van der Waals surface area contributed by atoms with E-state index in [2.05, 4.69) is 31.5 Å². The van der Waals surface area contributed by atoms with Crippen LogP contribution in [0.5, 0.6) is 0 Å². The van der Waals surface area contributed by atoms with Gasteiger partial charge in [-0.2, -0.15) is 0 Å². The molecule has 32 heavy (non-hydrogen) atoms. The van der Waals surface area contributed by atoms with E-state index in [4.69, 9.17) is 0 Å². The summed E-state index contributed by atoms with van der Waals surface area (Å²) in [7, 11) is 0.